The topological polar surface area (TPSA) is 73.6 Å². The molecule has 0 aromatic heterocycles. The summed E-state index contributed by atoms with van der Waals surface area (Å²) in [5, 5.41) is 8.63. The van der Waals surface area contributed by atoms with Crippen LogP contribution in [0, 0.1) is 11.3 Å². The van der Waals surface area contributed by atoms with Crippen LogP contribution in [-0.2, 0) is 16.8 Å². The molecule has 0 saturated heterocycles. The van der Waals surface area contributed by atoms with Crippen LogP contribution in [0.5, 0.6) is 5.75 Å². The molecule has 0 radical (unpaired) electrons. The van der Waals surface area contributed by atoms with Gasteiger partial charge in [-0.2, -0.15) is 22.3 Å². The second-order valence-corrected chi connectivity index (χ2v) is 7.35. The van der Waals surface area contributed by atoms with Crippen LogP contribution >= 0.6 is 0 Å². The Morgan fingerprint density at radius 3 is 2.45 bits per heavy atom. The summed E-state index contributed by atoms with van der Waals surface area (Å²) in [5.74, 6) is 0.746. The van der Waals surface area contributed by atoms with Crippen molar-refractivity contribution in [2.45, 2.75) is 31.8 Å². The quantitative estimate of drug-likeness (QED) is 0.730. The van der Waals surface area contributed by atoms with Gasteiger partial charge < -0.3 is 4.74 Å². The molecule has 22 heavy (non-hydrogen) atoms. The zero-order valence-electron chi connectivity index (χ0n) is 12.9. The molecule has 0 amide bonds. The van der Waals surface area contributed by atoms with Gasteiger partial charge in [-0.25, -0.2) is 0 Å². The van der Waals surface area contributed by atoms with Crippen LogP contribution in [0.25, 0.3) is 0 Å². The Balaban J connectivity index is 2.13. The maximum absolute atomic E-state index is 12.7. The van der Waals surface area contributed by atoms with Crippen LogP contribution in [0.2, 0.25) is 0 Å². The molecular weight excluding hydrogens is 302 g/mol. The molecule has 1 saturated carbocycles. The minimum Gasteiger partial charge on any atom is -0.497 e. The van der Waals surface area contributed by atoms with Gasteiger partial charge in [0.1, 0.15) is 5.75 Å². The zero-order valence-corrected chi connectivity index (χ0v) is 13.7. The number of hydrogen-bond acceptors (Lipinski definition) is 4. The highest BCUT2D eigenvalue weighted by Crippen LogP contribution is 2.32. The van der Waals surface area contributed by atoms with Crippen LogP contribution in [0.15, 0.2) is 24.3 Å². The van der Waals surface area contributed by atoms with E-state index in [1.54, 1.807) is 7.11 Å². The molecule has 1 aliphatic rings. The van der Waals surface area contributed by atoms with E-state index in [1.807, 2.05) is 30.3 Å². The maximum Gasteiger partial charge on any atom is 0.282 e. The molecule has 1 aromatic carbocycles. The van der Waals surface area contributed by atoms with Crippen molar-refractivity contribution >= 4 is 10.2 Å². The summed E-state index contributed by atoms with van der Waals surface area (Å²) in [4.78, 5) is 0. The molecule has 0 spiro atoms. The zero-order chi connectivity index (χ0) is 16.2. The number of nitriles is 1. The van der Waals surface area contributed by atoms with Gasteiger partial charge in [-0.1, -0.05) is 12.1 Å². The molecular formula is C15H21N3O3S. The highest BCUT2D eigenvalue weighted by Gasteiger charge is 2.39. The fourth-order valence-electron chi connectivity index (χ4n) is 2.17. The number of nitrogens with zero attached hydrogens (tertiary/aromatic N) is 3. The van der Waals surface area contributed by atoms with E-state index in [9.17, 15) is 8.42 Å². The number of rotatable bonds is 8. The number of methoxy groups -OCH3 is 1. The van der Waals surface area contributed by atoms with Gasteiger partial charge >= 0.3 is 0 Å². The van der Waals surface area contributed by atoms with Gasteiger partial charge in [-0.15, -0.1) is 0 Å². The highest BCUT2D eigenvalue weighted by atomic mass is 32.2. The minimum absolute atomic E-state index is 0.0663. The minimum atomic E-state index is -3.54. The summed E-state index contributed by atoms with van der Waals surface area (Å²) >= 11 is 0. The number of ether oxygens (including phenoxy) is 1. The molecule has 0 unspecified atom stereocenters. The Morgan fingerprint density at radius 1 is 1.32 bits per heavy atom. The fourth-order valence-corrected chi connectivity index (χ4v) is 3.75. The third-order valence-electron chi connectivity index (χ3n) is 3.68. The molecule has 0 heterocycles. The van der Waals surface area contributed by atoms with Crippen molar-refractivity contribution in [3.8, 4) is 11.8 Å². The van der Waals surface area contributed by atoms with Gasteiger partial charge in [0.15, 0.2) is 0 Å². The standard InChI is InChI=1S/C15H21N3O3S/c1-17(11-3-10-16)22(19,20)18(14-6-7-14)12-13-4-8-15(21-2)9-5-13/h4-5,8-9,14H,3,6-7,11-12H2,1-2H3. The number of benzene rings is 1. The Bertz CT molecular complexity index is 633. The SMILES string of the molecule is COc1ccc(CN(C2CC2)S(=O)(=O)N(C)CCC#N)cc1. The van der Waals surface area contributed by atoms with Gasteiger partial charge in [-0.05, 0) is 30.5 Å². The van der Waals surface area contributed by atoms with Crippen molar-refractivity contribution in [1.29, 1.82) is 5.26 Å². The van der Waals surface area contributed by atoms with Crippen LogP contribution in [0.1, 0.15) is 24.8 Å². The molecule has 1 aliphatic carbocycles. The maximum atomic E-state index is 12.7. The Kier molecular flexibility index (Phi) is 5.40. The lowest BCUT2D eigenvalue weighted by molar-refractivity contribution is 0.349. The third kappa shape index (κ3) is 3.97. The summed E-state index contributed by atoms with van der Waals surface area (Å²) in [6.45, 7) is 0.554. The van der Waals surface area contributed by atoms with Crippen LogP contribution in [0.4, 0.5) is 0 Å². The molecule has 0 N–H and O–H groups in total. The first-order valence-electron chi connectivity index (χ1n) is 7.22. The van der Waals surface area contributed by atoms with Crippen LogP contribution < -0.4 is 4.74 Å². The van der Waals surface area contributed by atoms with E-state index in [4.69, 9.17) is 10.00 Å². The predicted octanol–water partition coefficient (Wildman–Crippen LogP) is 1.75. The smallest absolute Gasteiger partial charge is 0.282 e. The van der Waals surface area contributed by atoms with E-state index in [0.717, 1.165) is 24.2 Å². The summed E-state index contributed by atoms with van der Waals surface area (Å²) in [6.07, 6.45) is 1.97. The Hall–Kier alpha value is -1.62. The highest BCUT2D eigenvalue weighted by molar-refractivity contribution is 7.86. The molecule has 7 heteroatoms. The van der Waals surface area contributed by atoms with Crippen molar-refractivity contribution in [2.75, 3.05) is 20.7 Å². The third-order valence-corrected chi connectivity index (χ3v) is 5.67. The average Bonchev–Trinajstić information content (AvgIpc) is 3.35. The van der Waals surface area contributed by atoms with Crippen LogP contribution in [-0.4, -0.2) is 43.8 Å². The monoisotopic (exact) mass is 323 g/mol. The molecule has 1 aromatic rings. The average molecular weight is 323 g/mol. The van der Waals surface area contributed by atoms with Crippen molar-refractivity contribution in [1.82, 2.24) is 8.61 Å². The summed E-state index contributed by atoms with van der Waals surface area (Å²) in [6, 6.07) is 9.44. The first-order chi connectivity index (χ1) is 10.5. The molecule has 2 rings (SSSR count). The molecule has 1 fully saturated rings. The predicted molar refractivity (Wildman–Crippen MR) is 83.3 cm³/mol. The van der Waals surface area contributed by atoms with E-state index in [2.05, 4.69) is 0 Å². The molecule has 0 aliphatic heterocycles. The molecule has 0 atom stereocenters. The normalized spacial score (nSPS) is 15.0. The van der Waals surface area contributed by atoms with Crippen LogP contribution in [0.3, 0.4) is 0 Å². The van der Waals surface area contributed by atoms with E-state index < -0.39 is 10.2 Å². The summed E-state index contributed by atoms with van der Waals surface area (Å²) in [5.41, 5.74) is 0.921. The van der Waals surface area contributed by atoms with Gasteiger partial charge in [0.2, 0.25) is 0 Å². The van der Waals surface area contributed by atoms with Crippen molar-refractivity contribution in [3.05, 3.63) is 29.8 Å². The first kappa shape index (κ1) is 16.7. The van der Waals surface area contributed by atoms with E-state index >= 15 is 0 Å². The lowest BCUT2D eigenvalue weighted by Gasteiger charge is -2.27. The second kappa shape index (κ2) is 7.09. The van der Waals surface area contributed by atoms with E-state index in [0.29, 0.717) is 6.54 Å². The summed E-state index contributed by atoms with van der Waals surface area (Å²) in [7, 11) is -0.418. The lowest BCUT2D eigenvalue weighted by atomic mass is 10.2. The largest absolute Gasteiger partial charge is 0.497 e. The lowest BCUT2D eigenvalue weighted by Crippen LogP contribution is -2.43. The first-order valence-corrected chi connectivity index (χ1v) is 8.61. The molecule has 6 nitrogen and oxygen atoms in total. The molecule has 120 valence electrons. The van der Waals surface area contributed by atoms with Crippen molar-refractivity contribution in [2.24, 2.45) is 0 Å². The van der Waals surface area contributed by atoms with Gasteiger partial charge in [0, 0.05) is 32.6 Å². The molecule has 0 bridgehead atoms. The van der Waals surface area contributed by atoms with Crippen molar-refractivity contribution < 1.29 is 13.2 Å². The van der Waals surface area contributed by atoms with E-state index in [1.165, 1.54) is 15.7 Å². The summed E-state index contributed by atoms with van der Waals surface area (Å²) < 4.78 is 33.2. The Morgan fingerprint density at radius 2 is 1.95 bits per heavy atom. The fraction of sp³-hybridized carbons (Fsp3) is 0.533. The Labute approximate surface area is 132 Å². The van der Waals surface area contributed by atoms with E-state index in [-0.39, 0.29) is 19.0 Å². The van der Waals surface area contributed by atoms with Gasteiger partial charge in [0.25, 0.3) is 10.2 Å². The van der Waals surface area contributed by atoms with Crippen molar-refractivity contribution in [3.63, 3.8) is 0 Å². The van der Waals surface area contributed by atoms with Gasteiger partial charge in [0.05, 0.1) is 13.2 Å². The van der Waals surface area contributed by atoms with Gasteiger partial charge in [-0.3, -0.25) is 0 Å². The second-order valence-electron chi connectivity index (χ2n) is 5.36. The number of hydrogen-bond donors (Lipinski definition) is 0.